The predicted molar refractivity (Wildman–Crippen MR) is 139 cm³/mol. The maximum absolute atomic E-state index is 13.6. The number of methoxy groups -OCH3 is 2. The summed E-state index contributed by atoms with van der Waals surface area (Å²) >= 11 is 1.36. The van der Waals surface area contributed by atoms with Crippen LogP contribution in [0.1, 0.15) is 16.4 Å². The number of carbonyl (C=O) groups is 1. The number of hydrogen-bond acceptors (Lipinski definition) is 6. The Kier molecular flexibility index (Phi) is 8.18. The smallest absolute Gasteiger partial charge is 0.242 e. The molecule has 0 saturated heterocycles. The number of carbonyl (C=O) groups excluding carboxylic acids is 1. The fourth-order valence-electron chi connectivity index (χ4n) is 3.68. The standard InChI is InChI=1S/C27H28N4O3S/c1-19-14-15-23(34-3)22(18-19)28-26(32)24(20-10-6-4-7-11-20)35-27-30-29-25(31(27)16-17-33-2)21-12-8-5-9-13-21/h4-15,18,24H,16-17H2,1-3H3,(H,28,32). The second kappa shape index (κ2) is 11.7. The van der Waals surface area contributed by atoms with E-state index in [0.29, 0.717) is 29.7 Å². The van der Waals surface area contributed by atoms with E-state index in [4.69, 9.17) is 9.47 Å². The zero-order valence-electron chi connectivity index (χ0n) is 20.0. The number of hydrogen-bond donors (Lipinski definition) is 1. The van der Waals surface area contributed by atoms with Gasteiger partial charge in [0.25, 0.3) is 0 Å². The third-order valence-electron chi connectivity index (χ3n) is 5.44. The molecule has 180 valence electrons. The van der Waals surface area contributed by atoms with Gasteiger partial charge in [0.05, 0.1) is 25.9 Å². The van der Waals surface area contributed by atoms with E-state index in [1.54, 1.807) is 14.2 Å². The van der Waals surface area contributed by atoms with E-state index in [1.165, 1.54) is 11.8 Å². The van der Waals surface area contributed by atoms with E-state index >= 15 is 0 Å². The molecule has 7 nitrogen and oxygen atoms in total. The number of nitrogens with one attached hydrogen (secondary N) is 1. The van der Waals surface area contributed by atoms with Crippen molar-refractivity contribution < 1.29 is 14.3 Å². The van der Waals surface area contributed by atoms with Crippen molar-refractivity contribution in [1.82, 2.24) is 14.8 Å². The Bertz CT molecular complexity index is 1260. The number of thioether (sulfide) groups is 1. The molecule has 0 aliphatic rings. The van der Waals surface area contributed by atoms with Crippen molar-refractivity contribution in [2.75, 3.05) is 26.1 Å². The van der Waals surface area contributed by atoms with E-state index in [0.717, 1.165) is 22.5 Å². The minimum Gasteiger partial charge on any atom is -0.495 e. The number of amides is 1. The summed E-state index contributed by atoms with van der Waals surface area (Å²) in [5.41, 5.74) is 3.47. The predicted octanol–water partition coefficient (Wildman–Crippen LogP) is 5.38. The summed E-state index contributed by atoms with van der Waals surface area (Å²) in [5.74, 6) is 1.17. The highest BCUT2D eigenvalue weighted by atomic mass is 32.2. The second-order valence-electron chi connectivity index (χ2n) is 7.92. The van der Waals surface area contributed by atoms with Crippen molar-refractivity contribution in [3.63, 3.8) is 0 Å². The van der Waals surface area contributed by atoms with Gasteiger partial charge in [-0.3, -0.25) is 9.36 Å². The van der Waals surface area contributed by atoms with Crippen LogP contribution in [-0.2, 0) is 16.1 Å². The summed E-state index contributed by atoms with van der Waals surface area (Å²) in [7, 11) is 3.25. The first kappa shape index (κ1) is 24.5. The second-order valence-corrected chi connectivity index (χ2v) is 8.99. The number of benzene rings is 3. The molecule has 1 atom stereocenters. The number of aryl methyl sites for hydroxylation is 1. The van der Waals surface area contributed by atoms with Crippen LogP contribution in [0.5, 0.6) is 5.75 Å². The number of ether oxygens (including phenoxy) is 2. The quantitative estimate of drug-likeness (QED) is 0.302. The molecule has 0 radical (unpaired) electrons. The first-order valence-electron chi connectivity index (χ1n) is 11.3. The largest absolute Gasteiger partial charge is 0.495 e. The normalized spacial score (nSPS) is 11.7. The van der Waals surface area contributed by atoms with Gasteiger partial charge in [0.2, 0.25) is 5.91 Å². The van der Waals surface area contributed by atoms with Gasteiger partial charge in [-0.05, 0) is 30.2 Å². The number of rotatable bonds is 10. The van der Waals surface area contributed by atoms with Crippen LogP contribution in [0.4, 0.5) is 5.69 Å². The third kappa shape index (κ3) is 5.90. The Labute approximate surface area is 209 Å². The molecule has 1 aromatic heterocycles. The van der Waals surface area contributed by atoms with Gasteiger partial charge in [-0.2, -0.15) is 0 Å². The molecule has 0 fully saturated rings. The molecule has 1 unspecified atom stereocenters. The van der Waals surface area contributed by atoms with Gasteiger partial charge in [0.1, 0.15) is 11.0 Å². The van der Waals surface area contributed by atoms with Crippen LogP contribution in [-0.4, -0.2) is 41.5 Å². The molecule has 1 N–H and O–H groups in total. The van der Waals surface area contributed by atoms with Gasteiger partial charge >= 0.3 is 0 Å². The Balaban J connectivity index is 1.69. The number of nitrogens with zero attached hydrogens (tertiary/aromatic N) is 3. The lowest BCUT2D eigenvalue weighted by Gasteiger charge is -2.19. The lowest BCUT2D eigenvalue weighted by Crippen LogP contribution is -2.20. The summed E-state index contributed by atoms with van der Waals surface area (Å²) in [6, 6.07) is 25.2. The minimum absolute atomic E-state index is 0.173. The van der Waals surface area contributed by atoms with Crippen molar-refractivity contribution in [1.29, 1.82) is 0 Å². The molecular formula is C27H28N4O3S. The molecular weight excluding hydrogens is 460 g/mol. The SMILES string of the molecule is COCCn1c(SC(C(=O)Nc2cc(C)ccc2OC)c2ccccc2)nnc1-c1ccccc1. The van der Waals surface area contributed by atoms with E-state index < -0.39 is 5.25 Å². The van der Waals surface area contributed by atoms with Crippen molar-refractivity contribution in [2.45, 2.75) is 23.9 Å². The molecule has 3 aromatic carbocycles. The summed E-state index contributed by atoms with van der Waals surface area (Å²) in [6.45, 7) is 3.03. The maximum atomic E-state index is 13.6. The molecule has 4 aromatic rings. The van der Waals surface area contributed by atoms with Gasteiger partial charge in [-0.25, -0.2) is 0 Å². The Hall–Kier alpha value is -3.62. The van der Waals surface area contributed by atoms with E-state index in [2.05, 4.69) is 15.5 Å². The summed E-state index contributed by atoms with van der Waals surface area (Å²) < 4.78 is 12.8. The zero-order valence-corrected chi connectivity index (χ0v) is 20.8. The fraction of sp³-hybridized carbons (Fsp3) is 0.222. The van der Waals surface area contributed by atoms with Crippen LogP contribution >= 0.6 is 11.8 Å². The highest BCUT2D eigenvalue weighted by molar-refractivity contribution is 8.00. The van der Waals surface area contributed by atoms with Gasteiger partial charge in [-0.1, -0.05) is 78.5 Å². The highest BCUT2D eigenvalue weighted by Crippen LogP contribution is 2.37. The molecule has 4 rings (SSSR count). The van der Waals surface area contributed by atoms with Gasteiger partial charge in [0, 0.05) is 12.7 Å². The van der Waals surface area contributed by atoms with E-state index in [9.17, 15) is 4.79 Å². The molecule has 0 bridgehead atoms. The van der Waals surface area contributed by atoms with Crippen molar-refractivity contribution in [3.05, 3.63) is 90.0 Å². The Morgan fingerprint density at radius 1 is 1.00 bits per heavy atom. The summed E-state index contributed by atoms with van der Waals surface area (Å²) in [4.78, 5) is 13.6. The molecule has 35 heavy (non-hydrogen) atoms. The van der Waals surface area contributed by atoms with Crippen LogP contribution < -0.4 is 10.1 Å². The molecule has 1 heterocycles. The maximum Gasteiger partial charge on any atom is 0.242 e. The minimum atomic E-state index is -0.560. The van der Waals surface area contributed by atoms with Crippen LogP contribution in [0.25, 0.3) is 11.4 Å². The number of anilines is 1. The number of aromatic nitrogens is 3. The van der Waals surface area contributed by atoms with Crippen LogP contribution in [0.2, 0.25) is 0 Å². The summed E-state index contributed by atoms with van der Waals surface area (Å²) in [5, 5.41) is 12.1. The lowest BCUT2D eigenvalue weighted by molar-refractivity contribution is -0.115. The fourth-order valence-corrected chi connectivity index (χ4v) is 4.75. The average molecular weight is 489 g/mol. The molecule has 8 heteroatoms. The van der Waals surface area contributed by atoms with Gasteiger partial charge < -0.3 is 14.8 Å². The van der Waals surface area contributed by atoms with Crippen LogP contribution in [0.3, 0.4) is 0 Å². The zero-order chi connectivity index (χ0) is 24.6. The molecule has 0 spiro atoms. The molecule has 1 amide bonds. The van der Waals surface area contributed by atoms with E-state index in [1.807, 2.05) is 90.4 Å². The third-order valence-corrected chi connectivity index (χ3v) is 6.68. The molecule has 0 saturated carbocycles. The average Bonchev–Trinajstić information content (AvgIpc) is 3.29. The highest BCUT2D eigenvalue weighted by Gasteiger charge is 2.27. The summed E-state index contributed by atoms with van der Waals surface area (Å²) in [6.07, 6.45) is 0. The Morgan fingerprint density at radius 3 is 2.40 bits per heavy atom. The first-order chi connectivity index (χ1) is 17.1. The van der Waals surface area contributed by atoms with Crippen molar-refractivity contribution in [2.24, 2.45) is 0 Å². The Morgan fingerprint density at radius 2 is 1.71 bits per heavy atom. The van der Waals surface area contributed by atoms with Crippen LogP contribution in [0, 0.1) is 6.92 Å². The molecule has 0 aliphatic carbocycles. The first-order valence-corrected chi connectivity index (χ1v) is 12.1. The van der Waals surface area contributed by atoms with Gasteiger partial charge in [0.15, 0.2) is 11.0 Å². The van der Waals surface area contributed by atoms with Gasteiger partial charge in [-0.15, -0.1) is 10.2 Å². The molecule has 0 aliphatic heterocycles. The van der Waals surface area contributed by atoms with Crippen molar-refractivity contribution in [3.8, 4) is 17.1 Å². The lowest BCUT2D eigenvalue weighted by atomic mass is 10.1. The van der Waals surface area contributed by atoms with E-state index in [-0.39, 0.29) is 5.91 Å². The topological polar surface area (TPSA) is 78.3 Å². The monoisotopic (exact) mass is 488 g/mol. The van der Waals surface area contributed by atoms with Crippen molar-refractivity contribution >= 4 is 23.4 Å². The van der Waals surface area contributed by atoms with Crippen LogP contribution in [0.15, 0.2) is 84.0 Å².